The summed E-state index contributed by atoms with van der Waals surface area (Å²) in [5, 5.41) is 11.9. The van der Waals surface area contributed by atoms with Crippen LogP contribution in [0, 0.1) is 0 Å². The number of hydrogen-bond donors (Lipinski definition) is 2. The molecule has 7 nitrogen and oxygen atoms in total. The lowest BCUT2D eigenvalue weighted by Crippen LogP contribution is -2.48. The molecule has 0 spiro atoms. The van der Waals surface area contributed by atoms with Crippen LogP contribution in [0.2, 0.25) is 0 Å². The van der Waals surface area contributed by atoms with Crippen LogP contribution in [0.1, 0.15) is 27.6 Å². The van der Waals surface area contributed by atoms with Crippen molar-refractivity contribution in [1.82, 2.24) is 4.90 Å². The number of amides is 2. The second kappa shape index (κ2) is 7.90. The zero-order valence-corrected chi connectivity index (χ0v) is 15.0. The van der Waals surface area contributed by atoms with E-state index in [9.17, 15) is 14.4 Å². The van der Waals surface area contributed by atoms with Crippen LogP contribution in [0.15, 0.2) is 48.5 Å². The first-order valence-corrected chi connectivity index (χ1v) is 8.69. The van der Waals surface area contributed by atoms with Crippen LogP contribution in [0.25, 0.3) is 0 Å². The van der Waals surface area contributed by atoms with E-state index in [1.54, 1.807) is 25.1 Å². The average molecular weight is 367 g/mol. The van der Waals surface area contributed by atoms with Gasteiger partial charge in [-0.25, -0.2) is 4.79 Å². The van der Waals surface area contributed by atoms with Crippen LogP contribution in [-0.2, 0) is 4.79 Å². The summed E-state index contributed by atoms with van der Waals surface area (Å²) in [7, 11) is 0. The van der Waals surface area contributed by atoms with Crippen molar-refractivity contribution in [1.29, 1.82) is 0 Å². The summed E-state index contributed by atoms with van der Waals surface area (Å²) in [5.41, 5.74) is 1.96. The van der Waals surface area contributed by atoms with Crippen molar-refractivity contribution >= 4 is 29.2 Å². The van der Waals surface area contributed by atoms with Gasteiger partial charge in [-0.3, -0.25) is 9.59 Å². The molecule has 27 heavy (non-hydrogen) atoms. The average Bonchev–Trinajstić information content (AvgIpc) is 2.68. The van der Waals surface area contributed by atoms with E-state index < -0.39 is 5.97 Å². The Labute approximate surface area is 157 Å². The lowest BCUT2D eigenvalue weighted by Gasteiger charge is -2.35. The normalized spacial score (nSPS) is 14.0. The van der Waals surface area contributed by atoms with E-state index in [0.717, 1.165) is 18.8 Å². The fraction of sp³-hybridized carbons (Fsp3) is 0.250. The molecule has 1 fully saturated rings. The maximum atomic E-state index is 12.4. The molecule has 2 amide bonds. The van der Waals surface area contributed by atoms with Crippen molar-refractivity contribution in [3.63, 3.8) is 0 Å². The molecule has 7 heteroatoms. The van der Waals surface area contributed by atoms with Crippen LogP contribution in [0.4, 0.5) is 11.4 Å². The van der Waals surface area contributed by atoms with Crippen molar-refractivity contribution in [3.8, 4) is 0 Å². The molecular formula is C20H21N3O4. The molecule has 0 atom stereocenters. The van der Waals surface area contributed by atoms with Gasteiger partial charge in [0, 0.05) is 50.0 Å². The first-order chi connectivity index (χ1) is 12.9. The predicted octanol–water partition coefficient (Wildman–Crippen LogP) is 2.31. The summed E-state index contributed by atoms with van der Waals surface area (Å²) in [5.74, 6) is -1.35. The van der Waals surface area contributed by atoms with Crippen molar-refractivity contribution in [2.45, 2.75) is 6.92 Å². The second-order valence-electron chi connectivity index (χ2n) is 6.38. The SMILES string of the molecule is CC(=O)N1CCN(c2cccc(NC(=O)c3cccc(C(=O)O)c3)c2)CC1. The zero-order valence-electron chi connectivity index (χ0n) is 15.0. The van der Waals surface area contributed by atoms with Gasteiger partial charge in [0.05, 0.1) is 5.56 Å². The van der Waals surface area contributed by atoms with E-state index in [1.807, 2.05) is 23.1 Å². The first kappa shape index (κ1) is 18.4. The summed E-state index contributed by atoms with van der Waals surface area (Å²) in [6.07, 6.45) is 0. The number of carbonyl (C=O) groups is 3. The van der Waals surface area contributed by atoms with Gasteiger partial charge in [0.15, 0.2) is 0 Å². The van der Waals surface area contributed by atoms with Gasteiger partial charge in [-0.15, -0.1) is 0 Å². The van der Waals surface area contributed by atoms with Crippen LogP contribution >= 0.6 is 0 Å². The van der Waals surface area contributed by atoms with Crippen molar-refractivity contribution < 1.29 is 19.5 Å². The molecule has 1 aliphatic heterocycles. The molecule has 0 unspecified atom stereocenters. The van der Waals surface area contributed by atoms with E-state index in [2.05, 4.69) is 10.2 Å². The Morgan fingerprint density at radius 1 is 0.926 bits per heavy atom. The standard InChI is InChI=1S/C20H21N3O4/c1-14(24)22-8-10-23(11-9-22)18-7-3-6-17(13-18)21-19(25)15-4-2-5-16(12-15)20(26)27/h2-7,12-13H,8-11H2,1H3,(H,21,25)(H,26,27). The molecule has 0 aliphatic carbocycles. The lowest BCUT2D eigenvalue weighted by molar-refractivity contribution is -0.129. The van der Waals surface area contributed by atoms with Crippen molar-refractivity contribution in [2.75, 3.05) is 36.4 Å². The van der Waals surface area contributed by atoms with Crippen LogP contribution in [0.5, 0.6) is 0 Å². The molecule has 1 saturated heterocycles. The molecule has 1 heterocycles. The van der Waals surface area contributed by atoms with E-state index in [4.69, 9.17) is 5.11 Å². The Bertz CT molecular complexity index is 873. The summed E-state index contributed by atoms with van der Waals surface area (Å²) in [4.78, 5) is 38.9. The summed E-state index contributed by atoms with van der Waals surface area (Å²) < 4.78 is 0. The molecular weight excluding hydrogens is 346 g/mol. The summed E-state index contributed by atoms with van der Waals surface area (Å²) in [6.45, 7) is 4.39. The van der Waals surface area contributed by atoms with E-state index in [1.165, 1.54) is 12.1 Å². The van der Waals surface area contributed by atoms with E-state index in [-0.39, 0.29) is 22.9 Å². The zero-order chi connectivity index (χ0) is 19.4. The van der Waals surface area contributed by atoms with E-state index >= 15 is 0 Å². The summed E-state index contributed by atoms with van der Waals surface area (Å²) >= 11 is 0. The van der Waals surface area contributed by atoms with Crippen molar-refractivity contribution in [2.24, 2.45) is 0 Å². The van der Waals surface area contributed by atoms with Gasteiger partial charge in [0.2, 0.25) is 5.91 Å². The lowest BCUT2D eigenvalue weighted by atomic mass is 10.1. The Morgan fingerprint density at radius 2 is 1.59 bits per heavy atom. The number of piperazine rings is 1. The third kappa shape index (κ3) is 4.44. The minimum Gasteiger partial charge on any atom is -0.478 e. The number of nitrogens with zero attached hydrogens (tertiary/aromatic N) is 2. The number of carboxylic acids is 1. The number of benzene rings is 2. The maximum Gasteiger partial charge on any atom is 0.335 e. The highest BCUT2D eigenvalue weighted by Gasteiger charge is 2.19. The first-order valence-electron chi connectivity index (χ1n) is 8.69. The van der Waals surface area contributed by atoms with Crippen molar-refractivity contribution in [3.05, 3.63) is 59.7 Å². The number of carbonyl (C=O) groups excluding carboxylic acids is 2. The Hall–Kier alpha value is -3.35. The second-order valence-corrected chi connectivity index (χ2v) is 6.38. The Kier molecular flexibility index (Phi) is 5.40. The molecule has 3 rings (SSSR count). The number of aromatic carboxylic acids is 1. The molecule has 2 aromatic carbocycles. The van der Waals surface area contributed by atoms with Gasteiger partial charge in [0.25, 0.3) is 5.91 Å². The Balaban J connectivity index is 1.69. The number of hydrogen-bond acceptors (Lipinski definition) is 4. The molecule has 0 aromatic heterocycles. The minimum absolute atomic E-state index is 0.0692. The molecule has 140 valence electrons. The van der Waals surface area contributed by atoms with Crippen LogP contribution in [-0.4, -0.2) is 54.0 Å². The minimum atomic E-state index is -1.07. The van der Waals surface area contributed by atoms with Crippen LogP contribution in [0.3, 0.4) is 0 Å². The van der Waals surface area contributed by atoms with E-state index in [0.29, 0.717) is 18.8 Å². The fourth-order valence-electron chi connectivity index (χ4n) is 3.06. The highest BCUT2D eigenvalue weighted by atomic mass is 16.4. The molecule has 0 bridgehead atoms. The molecule has 2 N–H and O–H groups in total. The van der Waals surface area contributed by atoms with Gasteiger partial charge >= 0.3 is 5.97 Å². The number of rotatable bonds is 4. The number of carboxylic acid groups (broad SMARTS) is 1. The highest BCUT2D eigenvalue weighted by Crippen LogP contribution is 2.21. The van der Waals surface area contributed by atoms with Gasteiger partial charge in [0.1, 0.15) is 0 Å². The largest absolute Gasteiger partial charge is 0.478 e. The highest BCUT2D eigenvalue weighted by molar-refractivity contribution is 6.05. The quantitative estimate of drug-likeness (QED) is 0.865. The third-order valence-electron chi connectivity index (χ3n) is 4.57. The van der Waals surface area contributed by atoms with Gasteiger partial charge in [-0.2, -0.15) is 0 Å². The topological polar surface area (TPSA) is 90.0 Å². The molecule has 2 aromatic rings. The monoisotopic (exact) mass is 367 g/mol. The molecule has 1 aliphatic rings. The predicted molar refractivity (Wildman–Crippen MR) is 102 cm³/mol. The summed E-state index contributed by atoms with van der Waals surface area (Å²) in [6, 6.07) is 13.4. The fourth-order valence-corrected chi connectivity index (χ4v) is 3.06. The third-order valence-corrected chi connectivity index (χ3v) is 4.57. The van der Waals surface area contributed by atoms with Crippen LogP contribution < -0.4 is 10.2 Å². The Morgan fingerprint density at radius 3 is 2.26 bits per heavy atom. The smallest absolute Gasteiger partial charge is 0.335 e. The van der Waals surface area contributed by atoms with Gasteiger partial charge in [-0.05, 0) is 36.4 Å². The maximum absolute atomic E-state index is 12.4. The van der Waals surface area contributed by atoms with Gasteiger partial charge in [-0.1, -0.05) is 12.1 Å². The van der Waals surface area contributed by atoms with Gasteiger partial charge < -0.3 is 20.2 Å². The molecule has 0 saturated carbocycles. The molecule has 0 radical (unpaired) electrons. The number of anilines is 2. The number of nitrogens with one attached hydrogen (secondary N) is 1.